The van der Waals surface area contributed by atoms with Gasteiger partial charge in [-0.15, -0.1) is 0 Å². The van der Waals surface area contributed by atoms with Crippen molar-refractivity contribution >= 4 is 58.5 Å². The Morgan fingerprint density at radius 3 is 0.926 bits per heavy atom. The number of hydrogen-bond acceptors (Lipinski definition) is 3. The van der Waals surface area contributed by atoms with Gasteiger partial charge in [-0.25, -0.2) is 0 Å². The summed E-state index contributed by atoms with van der Waals surface area (Å²) in [5, 5.41) is 4.18. The van der Waals surface area contributed by atoms with Crippen molar-refractivity contribution in [2.75, 3.05) is 9.80 Å². The highest BCUT2D eigenvalue weighted by Gasteiger charge is 2.49. The summed E-state index contributed by atoms with van der Waals surface area (Å²) in [5.74, 6) is 2.04. The van der Waals surface area contributed by atoms with Crippen LogP contribution in [-0.4, -0.2) is 8.80 Å². The van der Waals surface area contributed by atoms with Gasteiger partial charge in [0.1, 0.15) is 11.5 Å². The molecule has 0 bridgehead atoms. The highest BCUT2D eigenvalue weighted by atomic mass is 28.3. The Labute approximate surface area is 327 Å². The summed E-state index contributed by atoms with van der Waals surface area (Å²) in [7, 11) is -1.50. The quantitative estimate of drug-likeness (QED) is 0.165. The van der Waals surface area contributed by atoms with E-state index in [1.807, 2.05) is 0 Å². The normalized spacial score (nSPS) is 15.3. The minimum atomic E-state index is -1.50. The third-order valence-electron chi connectivity index (χ3n) is 11.8. The average molecular weight is 732 g/mol. The maximum absolute atomic E-state index is 7.27. The van der Waals surface area contributed by atoms with E-state index in [0.29, 0.717) is 0 Å². The Morgan fingerprint density at radius 2 is 0.630 bits per heavy atom. The molecule has 3 aliphatic heterocycles. The molecule has 0 amide bonds. The van der Waals surface area contributed by atoms with Crippen LogP contribution < -0.4 is 30.1 Å². The van der Waals surface area contributed by atoms with E-state index in [2.05, 4.69) is 199 Å². The highest BCUT2D eigenvalue weighted by molar-refractivity contribution is 7.01. The van der Waals surface area contributed by atoms with Gasteiger partial charge in [-0.05, 0) is 121 Å². The van der Waals surface area contributed by atoms with Gasteiger partial charge < -0.3 is 14.5 Å². The topological polar surface area (TPSA) is 15.7 Å². The van der Waals surface area contributed by atoms with Gasteiger partial charge in [0.2, 0.25) is 0 Å². The van der Waals surface area contributed by atoms with Gasteiger partial charge >= 0.3 is 0 Å². The van der Waals surface area contributed by atoms with Crippen LogP contribution >= 0.6 is 0 Å². The SMILES string of the molecule is CC(C)(C)c1ccc(N2c3cc(C(C)(C)C)cc4c3[Si]3c5c(cc(C(C)(C)C)cc5N(c5ccc(C(C)(C)C)cc5)c5cc(C(C)(C)C)cc2c53)O4)cc1. The molecule has 0 spiro atoms. The molecule has 0 saturated carbocycles. The number of nitrogens with zero attached hydrogens (tertiary/aromatic N) is 2. The zero-order valence-electron chi connectivity index (χ0n) is 35.4. The molecule has 0 saturated heterocycles. The van der Waals surface area contributed by atoms with Crippen molar-refractivity contribution in [1.29, 1.82) is 0 Å². The molecule has 8 rings (SSSR count). The molecule has 3 heterocycles. The number of hydrogen-bond donors (Lipinski definition) is 0. The van der Waals surface area contributed by atoms with Crippen LogP contribution in [0.5, 0.6) is 11.5 Å². The van der Waals surface area contributed by atoms with Crippen LogP contribution in [0.3, 0.4) is 0 Å². The lowest BCUT2D eigenvalue weighted by atomic mass is 9.84. The van der Waals surface area contributed by atoms with E-state index in [9.17, 15) is 0 Å². The van der Waals surface area contributed by atoms with E-state index in [4.69, 9.17) is 4.74 Å². The summed E-state index contributed by atoms with van der Waals surface area (Å²) in [6.45, 7) is 34.8. The van der Waals surface area contributed by atoms with Crippen LogP contribution in [0, 0.1) is 0 Å². The third kappa shape index (κ3) is 5.82. The average Bonchev–Trinajstić information content (AvgIpc) is 3.06. The van der Waals surface area contributed by atoms with Crippen LogP contribution in [0.2, 0.25) is 0 Å². The molecule has 0 aromatic heterocycles. The first-order valence-electron chi connectivity index (χ1n) is 19.9. The lowest BCUT2D eigenvalue weighted by molar-refractivity contribution is 0.479. The van der Waals surface area contributed by atoms with Crippen LogP contribution in [0.25, 0.3) is 0 Å². The molecule has 0 atom stereocenters. The van der Waals surface area contributed by atoms with Gasteiger partial charge in [0.05, 0.1) is 0 Å². The van der Waals surface area contributed by atoms with Crippen molar-refractivity contribution in [2.24, 2.45) is 0 Å². The first-order valence-corrected chi connectivity index (χ1v) is 21.4. The first kappa shape index (κ1) is 36.7. The zero-order valence-corrected chi connectivity index (χ0v) is 36.4. The Morgan fingerprint density at radius 1 is 0.352 bits per heavy atom. The van der Waals surface area contributed by atoms with E-state index in [1.54, 1.807) is 0 Å². The fourth-order valence-corrected chi connectivity index (χ4v) is 11.5. The van der Waals surface area contributed by atoms with Crippen LogP contribution in [0.1, 0.15) is 132 Å². The minimum absolute atomic E-state index is 0.0615. The number of rotatable bonds is 2. The molecule has 0 unspecified atom stereocenters. The Balaban J connectivity index is 1.52. The summed E-state index contributed by atoms with van der Waals surface area (Å²) < 4.78 is 7.27. The summed E-state index contributed by atoms with van der Waals surface area (Å²) in [5.41, 5.74) is 14.0. The van der Waals surface area contributed by atoms with Gasteiger partial charge in [0.15, 0.2) is 8.80 Å². The van der Waals surface area contributed by atoms with E-state index >= 15 is 0 Å². The number of anilines is 6. The maximum Gasteiger partial charge on any atom is 0.175 e. The van der Waals surface area contributed by atoms with Crippen molar-refractivity contribution in [3.63, 3.8) is 0 Å². The zero-order chi connectivity index (χ0) is 39.1. The molecule has 279 valence electrons. The second-order valence-electron chi connectivity index (χ2n) is 21.1. The largest absolute Gasteiger partial charge is 0.457 e. The summed E-state index contributed by atoms with van der Waals surface area (Å²) in [6.07, 6.45) is 0. The van der Waals surface area contributed by atoms with E-state index in [0.717, 1.165) is 11.5 Å². The van der Waals surface area contributed by atoms with Crippen molar-refractivity contribution in [3.05, 3.63) is 113 Å². The van der Waals surface area contributed by atoms with Gasteiger partial charge in [-0.1, -0.05) is 128 Å². The molecule has 0 N–H and O–H groups in total. The number of benzene rings is 5. The third-order valence-corrected chi connectivity index (χ3v) is 14.8. The van der Waals surface area contributed by atoms with Crippen LogP contribution in [0.4, 0.5) is 34.1 Å². The molecule has 3 nitrogen and oxygen atoms in total. The van der Waals surface area contributed by atoms with Gasteiger partial charge in [0.25, 0.3) is 0 Å². The fraction of sp³-hybridized carbons (Fsp3) is 0.400. The van der Waals surface area contributed by atoms with E-state index in [-0.39, 0.29) is 27.1 Å². The van der Waals surface area contributed by atoms with E-state index in [1.165, 1.54) is 77.5 Å². The predicted octanol–water partition coefficient (Wildman–Crippen LogP) is 12.4. The maximum atomic E-state index is 7.27. The summed E-state index contributed by atoms with van der Waals surface area (Å²) in [4.78, 5) is 5.15. The monoisotopic (exact) mass is 731 g/mol. The van der Waals surface area contributed by atoms with Gasteiger partial charge in [-0.2, -0.15) is 0 Å². The molecule has 54 heavy (non-hydrogen) atoms. The lowest BCUT2D eigenvalue weighted by Gasteiger charge is -2.48. The van der Waals surface area contributed by atoms with Crippen molar-refractivity contribution in [1.82, 2.24) is 0 Å². The standard InChI is InChI=1S/C50H59N2OSi/c1-46(2,3)30-16-20-35(21-17-30)51-37-24-32(48(7,8)9)25-38-43(37)54-44-39(51)26-33(49(10,11)12)28-41(44)53-42-29-34(50(13,14)15)27-40(45(42)54)52(38)36-22-18-31(19-23-36)47(4,5)6/h16-29H,1-15H3. The summed E-state index contributed by atoms with van der Waals surface area (Å²) >= 11 is 0. The Hall–Kier alpha value is -4.28. The van der Waals surface area contributed by atoms with Gasteiger partial charge in [-0.3, -0.25) is 0 Å². The number of ether oxygens (including phenoxy) is 1. The van der Waals surface area contributed by atoms with Gasteiger partial charge in [0, 0.05) is 44.5 Å². The molecule has 0 aliphatic carbocycles. The second kappa shape index (κ2) is 11.6. The Bertz CT molecular complexity index is 2160. The van der Waals surface area contributed by atoms with E-state index < -0.39 is 8.80 Å². The fourth-order valence-electron chi connectivity index (χ4n) is 8.27. The summed E-state index contributed by atoms with van der Waals surface area (Å²) in [6, 6.07) is 33.4. The Kier molecular flexibility index (Phi) is 7.89. The smallest absolute Gasteiger partial charge is 0.175 e. The predicted molar refractivity (Wildman–Crippen MR) is 234 cm³/mol. The molecule has 3 aliphatic rings. The van der Waals surface area contributed by atoms with Crippen LogP contribution in [0.15, 0.2) is 84.9 Å². The molecular weight excluding hydrogens is 673 g/mol. The molecule has 5 aromatic carbocycles. The molecular formula is C50H59N2OSi. The minimum Gasteiger partial charge on any atom is -0.457 e. The molecule has 0 fully saturated rings. The highest BCUT2D eigenvalue weighted by Crippen LogP contribution is 2.51. The molecule has 4 heteroatoms. The van der Waals surface area contributed by atoms with Crippen molar-refractivity contribution in [2.45, 2.75) is 131 Å². The molecule has 5 aromatic rings. The molecule has 1 radical (unpaired) electrons. The second-order valence-corrected chi connectivity index (χ2v) is 23.4. The lowest BCUT2D eigenvalue weighted by Crippen LogP contribution is -2.63. The van der Waals surface area contributed by atoms with Crippen molar-refractivity contribution < 1.29 is 4.74 Å². The van der Waals surface area contributed by atoms with Crippen LogP contribution in [-0.2, 0) is 27.1 Å². The van der Waals surface area contributed by atoms with Crippen molar-refractivity contribution in [3.8, 4) is 11.5 Å². The first-order chi connectivity index (χ1) is 24.9.